The van der Waals surface area contributed by atoms with Crippen LogP contribution in [-0.2, 0) is 0 Å². The summed E-state index contributed by atoms with van der Waals surface area (Å²) in [4.78, 5) is 14.3. The molecule has 2 heterocycles. The summed E-state index contributed by atoms with van der Waals surface area (Å²) in [5.41, 5.74) is 0. The molecule has 5 heteroatoms. The highest BCUT2D eigenvalue weighted by Gasteiger charge is 2.23. The number of aryl methyl sites for hydroxylation is 1. The number of fused-ring (bicyclic) bond motifs is 1. The first-order valence-corrected chi connectivity index (χ1v) is 8.80. The molecule has 0 aliphatic heterocycles. The smallest absolute Gasteiger partial charge is 0.226 e. The molecular weight excluding hydrogens is 280 g/mol. The Hall–Kier alpha value is -1.36. The number of nitrogens with one attached hydrogen (secondary N) is 1. The van der Waals surface area contributed by atoms with E-state index in [1.54, 1.807) is 11.3 Å². The molecule has 0 saturated heterocycles. The molecule has 1 fully saturated rings. The molecule has 21 heavy (non-hydrogen) atoms. The number of anilines is 2. The fourth-order valence-corrected chi connectivity index (χ4v) is 3.73. The lowest BCUT2D eigenvalue weighted by Crippen LogP contribution is -2.33. The molecule has 0 unspecified atom stereocenters. The maximum atomic E-state index is 4.80. The third kappa shape index (κ3) is 2.98. The zero-order valence-corrected chi connectivity index (χ0v) is 14.0. The van der Waals surface area contributed by atoms with Crippen LogP contribution >= 0.6 is 11.3 Å². The fourth-order valence-electron chi connectivity index (χ4n) is 2.86. The van der Waals surface area contributed by atoms with Crippen LogP contribution < -0.4 is 10.2 Å². The lowest BCUT2D eigenvalue weighted by Gasteiger charge is -2.32. The summed E-state index contributed by atoms with van der Waals surface area (Å²) in [6, 6.07) is 2.23. The highest BCUT2D eigenvalue weighted by Crippen LogP contribution is 2.34. The first-order chi connectivity index (χ1) is 10.2. The van der Waals surface area contributed by atoms with E-state index in [0.717, 1.165) is 42.1 Å². The first kappa shape index (κ1) is 14.6. The Kier molecular flexibility index (Phi) is 4.29. The minimum absolute atomic E-state index is 0.758. The Morgan fingerprint density at radius 3 is 2.76 bits per heavy atom. The van der Waals surface area contributed by atoms with Crippen LogP contribution in [0.4, 0.5) is 11.8 Å². The van der Waals surface area contributed by atoms with Gasteiger partial charge in [0.15, 0.2) is 0 Å². The molecule has 0 amide bonds. The van der Waals surface area contributed by atoms with Gasteiger partial charge in [-0.05, 0) is 45.6 Å². The summed E-state index contributed by atoms with van der Waals surface area (Å²) >= 11 is 1.76. The van der Waals surface area contributed by atoms with Gasteiger partial charge < -0.3 is 10.2 Å². The van der Waals surface area contributed by atoms with Gasteiger partial charge in [0.1, 0.15) is 10.6 Å². The molecule has 0 radical (unpaired) electrons. The topological polar surface area (TPSA) is 41.1 Å². The van der Waals surface area contributed by atoms with E-state index in [1.807, 2.05) is 0 Å². The van der Waals surface area contributed by atoms with E-state index in [9.17, 15) is 0 Å². The van der Waals surface area contributed by atoms with Gasteiger partial charge >= 0.3 is 0 Å². The molecule has 1 aliphatic rings. The molecular formula is C16H24N4S. The lowest BCUT2D eigenvalue weighted by molar-refractivity contribution is 0.318. The van der Waals surface area contributed by atoms with Crippen LogP contribution in [0.1, 0.15) is 38.0 Å². The van der Waals surface area contributed by atoms with Gasteiger partial charge in [0.05, 0.1) is 5.39 Å². The number of thiophene rings is 1. The van der Waals surface area contributed by atoms with E-state index in [4.69, 9.17) is 4.98 Å². The molecule has 2 aromatic rings. The zero-order valence-electron chi connectivity index (χ0n) is 13.1. The Labute approximate surface area is 130 Å². The van der Waals surface area contributed by atoms with Gasteiger partial charge in [0.2, 0.25) is 5.95 Å². The van der Waals surface area contributed by atoms with Crippen molar-refractivity contribution in [1.82, 2.24) is 9.97 Å². The monoisotopic (exact) mass is 304 g/mol. The van der Waals surface area contributed by atoms with Crippen LogP contribution in [0.25, 0.3) is 10.2 Å². The van der Waals surface area contributed by atoms with Crippen molar-refractivity contribution in [2.75, 3.05) is 29.9 Å². The van der Waals surface area contributed by atoms with Crippen molar-refractivity contribution in [3.8, 4) is 0 Å². The number of aromatic nitrogens is 2. The summed E-state index contributed by atoms with van der Waals surface area (Å²) < 4.78 is 0. The molecule has 0 atom stereocenters. The van der Waals surface area contributed by atoms with Crippen LogP contribution in [-0.4, -0.2) is 29.6 Å². The van der Waals surface area contributed by atoms with E-state index < -0.39 is 0 Å². The Balaban J connectivity index is 1.99. The van der Waals surface area contributed by atoms with Crippen LogP contribution in [0.2, 0.25) is 0 Å². The normalized spacial score (nSPS) is 15.2. The SMILES string of the molecule is CCNc1nc(N(CC)CC2CCC2)c2cc(C)sc2n1. The van der Waals surface area contributed by atoms with E-state index >= 15 is 0 Å². The molecule has 0 bridgehead atoms. The van der Waals surface area contributed by atoms with E-state index in [2.05, 4.69) is 42.0 Å². The maximum absolute atomic E-state index is 4.80. The number of hydrogen-bond donors (Lipinski definition) is 1. The number of nitrogens with zero attached hydrogens (tertiary/aromatic N) is 3. The number of rotatable bonds is 6. The molecule has 3 rings (SSSR count). The van der Waals surface area contributed by atoms with Crippen molar-refractivity contribution in [2.24, 2.45) is 5.92 Å². The molecule has 4 nitrogen and oxygen atoms in total. The summed E-state index contributed by atoms with van der Waals surface area (Å²) in [6.07, 6.45) is 4.13. The van der Waals surface area contributed by atoms with Gasteiger partial charge in [-0.15, -0.1) is 11.3 Å². The van der Waals surface area contributed by atoms with Gasteiger partial charge in [0, 0.05) is 24.5 Å². The second kappa shape index (κ2) is 6.18. The number of hydrogen-bond acceptors (Lipinski definition) is 5. The molecule has 0 spiro atoms. The summed E-state index contributed by atoms with van der Waals surface area (Å²) in [7, 11) is 0. The molecule has 114 valence electrons. The lowest BCUT2D eigenvalue weighted by atomic mass is 9.85. The van der Waals surface area contributed by atoms with Crippen LogP contribution in [0.15, 0.2) is 6.07 Å². The van der Waals surface area contributed by atoms with Crippen molar-refractivity contribution in [3.63, 3.8) is 0 Å². The summed E-state index contributed by atoms with van der Waals surface area (Å²) in [6.45, 7) is 9.43. The standard InChI is InChI=1S/C16H24N4S/c1-4-17-16-18-14(13-9-11(3)21-15(13)19-16)20(5-2)10-12-7-6-8-12/h9,12H,4-8,10H2,1-3H3,(H,17,18,19). The van der Waals surface area contributed by atoms with Crippen molar-refractivity contribution >= 4 is 33.3 Å². The van der Waals surface area contributed by atoms with Gasteiger partial charge in [0.25, 0.3) is 0 Å². The summed E-state index contributed by atoms with van der Waals surface area (Å²) in [5, 5.41) is 4.48. The van der Waals surface area contributed by atoms with E-state index in [0.29, 0.717) is 0 Å². The Morgan fingerprint density at radius 1 is 1.33 bits per heavy atom. The van der Waals surface area contributed by atoms with Gasteiger partial charge in [-0.3, -0.25) is 0 Å². The Morgan fingerprint density at radius 2 is 2.14 bits per heavy atom. The molecule has 1 aliphatic carbocycles. The predicted molar refractivity (Wildman–Crippen MR) is 91.5 cm³/mol. The average Bonchev–Trinajstić information content (AvgIpc) is 2.78. The van der Waals surface area contributed by atoms with Gasteiger partial charge in [-0.2, -0.15) is 4.98 Å². The maximum Gasteiger partial charge on any atom is 0.226 e. The average molecular weight is 304 g/mol. The van der Waals surface area contributed by atoms with Crippen molar-refractivity contribution in [3.05, 3.63) is 10.9 Å². The van der Waals surface area contributed by atoms with Gasteiger partial charge in [-0.1, -0.05) is 6.42 Å². The second-order valence-electron chi connectivity index (χ2n) is 5.81. The summed E-state index contributed by atoms with van der Waals surface area (Å²) in [5.74, 6) is 2.71. The highest BCUT2D eigenvalue weighted by atomic mass is 32.1. The zero-order chi connectivity index (χ0) is 14.8. The minimum atomic E-state index is 0.758. The minimum Gasteiger partial charge on any atom is -0.356 e. The van der Waals surface area contributed by atoms with Crippen LogP contribution in [0.3, 0.4) is 0 Å². The van der Waals surface area contributed by atoms with Crippen LogP contribution in [0, 0.1) is 12.8 Å². The third-order valence-corrected chi connectivity index (χ3v) is 5.16. The fraction of sp³-hybridized carbons (Fsp3) is 0.625. The molecule has 0 aromatic carbocycles. The van der Waals surface area contributed by atoms with Crippen molar-refractivity contribution in [1.29, 1.82) is 0 Å². The quantitative estimate of drug-likeness (QED) is 0.874. The van der Waals surface area contributed by atoms with Crippen molar-refractivity contribution in [2.45, 2.75) is 40.0 Å². The third-order valence-electron chi connectivity index (χ3n) is 4.22. The van der Waals surface area contributed by atoms with E-state index in [-0.39, 0.29) is 0 Å². The predicted octanol–water partition coefficient (Wildman–Crippen LogP) is 4.06. The van der Waals surface area contributed by atoms with Gasteiger partial charge in [-0.25, -0.2) is 4.98 Å². The molecule has 1 N–H and O–H groups in total. The molecule has 1 saturated carbocycles. The van der Waals surface area contributed by atoms with Crippen molar-refractivity contribution < 1.29 is 0 Å². The largest absolute Gasteiger partial charge is 0.356 e. The Bertz CT molecular complexity index is 618. The van der Waals surface area contributed by atoms with E-state index in [1.165, 1.54) is 29.5 Å². The highest BCUT2D eigenvalue weighted by molar-refractivity contribution is 7.18. The first-order valence-electron chi connectivity index (χ1n) is 7.98. The second-order valence-corrected chi connectivity index (χ2v) is 7.05. The van der Waals surface area contributed by atoms with Crippen LogP contribution in [0.5, 0.6) is 0 Å². The molecule has 2 aromatic heterocycles.